The summed E-state index contributed by atoms with van der Waals surface area (Å²) in [4.78, 5) is 0. The van der Waals surface area contributed by atoms with Crippen LogP contribution in [0.5, 0.6) is 0 Å². The molecule has 1 atom stereocenters. The summed E-state index contributed by atoms with van der Waals surface area (Å²) in [6, 6.07) is 2.15. The highest BCUT2D eigenvalue weighted by Gasteiger charge is 2.42. The van der Waals surface area contributed by atoms with Gasteiger partial charge in [-0.05, 0) is 51.5 Å². The number of aromatic nitrogens is 2. The van der Waals surface area contributed by atoms with E-state index in [2.05, 4.69) is 18.9 Å². The van der Waals surface area contributed by atoms with Crippen molar-refractivity contribution >= 4 is 0 Å². The molecule has 0 radical (unpaired) electrons. The summed E-state index contributed by atoms with van der Waals surface area (Å²) in [6.45, 7) is 4.10. The van der Waals surface area contributed by atoms with E-state index in [0.29, 0.717) is 25.3 Å². The lowest BCUT2D eigenvalue weighted by Crippen LogP contribution is -2.37. The van der Waals surface area contributed by atoms with E-state index in [-0.39, 0.29) is 24.8 Å². The van der Waals surface area contributed by atoms with Gasteiger partial charge in [0.05, 0.1) is 11.6 Å². The number of hydrogen-bond acceptors (Lipinski definition) is 2. The molecule has 0 spiro atoms. The second-order valence-corrected chi connectivity index (χ2v) is 6.40. The van der Waals surface area contributed by atoms with Crippen LogP contribution in [-0.4, -0.2) is 22.0 Å². The molecule has 21 heavy (non-hydrogen) atoms. The van der Waals surface area contributed by atoms with Crippen LogP contribution in [0.1, 0.15) is 51.3 Å². The van der Waals surface area contributed by atoms with Crippen LogP contribution < -0.4 is 5.73 Å². The maximum absolute atomic E-state index is 12.7. The van der Waals surface area contributed by atoms with Crippen LogP contribution in [0.4, 0.5) is 13.2 Å². The Labute approximate surface area is 123 Å². The average Bonchev–Trinajstić information content (AvgIpc) is 2.86. The zero-order valence-corrected chi connectivity index (χ0v) is 12.6. The maximum atomic E-state index is 12.7. The van der Waals surface area contributed by atoms with Gasteiger partial charge in [0.1, 0.15) is 0 Å². The molecule has 0 saturated heterocycles. The molecule has 2 rings (SSSR count). The lowest BCUT2D eigenvalue weighted by molar-refractivity contribution is -0.184. The van der Waals surface area contributed by atoms with Crippen molar-refractivity contribution in [2.75, 3.05) is 0 Å². The van der Waals surface area contributed by atoms with Crippen molar-refractivity contribution in [3.63, 3.8) is 0 Å². The Hall–Kier alpha value is -1.04. The predicted octanol–water partition coefficient (Wildman–Crippen LogP) is 3.70. The van der Waals surface area contributed by atoms with Crippen LogP contribution in [0.3, 0.4) is 0 Å². The highest BCUT2D eigenvalue weighted by atomic mass is 19.4. The second-order valence-electron chi connectivity index (χ2n) is 6.40. The highest BCUT2D eigenvalue weighted by molar-refractivity contribution is 5.03. The van der Waals surface area contributed by atoms with Crippen LogP contribution in [0.25, 0.3) is 0 Å². The Kier molecular flexibility index (Phi) is 4.96. The van der Waals surface area contributed by atoms with Crippen molar-refractivity contribution in [2.45, 2.75) is 64.2 Å². The average molecular weight is 303 g/mol. The van der Waals surface area contributed by atoms with Gasteiger partial charge in [0, 0.05) is 24.7 Å². The van der Waals surface area contributed by atoms with E-state index in [9.17, 15) is 13.2 Å². The number of hydrogen-bond donors (Lipinski definition) is 1. The van der Waals surface area contributed by atoms with Crippen molar-refractivity contribution < 1.29 is 13.2 Å². The molecule has 1 aromatic rings. The molecule has 1 aliphatic rings. The topological polar surface area (TPSA) is 43.8 Å². The first kappa shape index (κ1) is 16.3. The standard InChI is InChI=1S/C15H24F3N3/c1-10(2)21-8-7-13(20-21)9-14(19)11-3-5-12(6-4-11)15(16,17)18/h7-8,10-12,14H,3-6,9,19H2,1-2H3. The Balaban J connectivity index is 1.85. The third-order valence-corrected chi connectivity index (χ3v) is 4.48. The molecule has 6 heteroatoms. The van der Waals surface area contributed by atoms with E-state index < -0.39 is 12.1 Å². The minimum atomic E-state index is -4.05. The van der Waals surface area contributed by atoms with Gasteiger partial charge in [-0.1, -0.05) is 0 Å². The van der Waals surface area contributed by atoms with Crippen LogP contribution >= 0.6 is 0 Å². The first-order valence-electron chi connectivity index (χ1n) is 7.63. The summed E-state index contributed by atoms with van der Waals surface area (Å²) >= 11 is 0. The highest BCUT2D eigenvalue weighted by Crippen LogP contribution is 2.40. The fourth-order valence-corrected chi connectivity index (χ4v) is 3.06. The van der Waals surface area contributed by atoms with Crippen molar-refractivity contribution in [3.8, 4) is 0 Å². The summed E-state index contributed by atoms with van der Waals surface area (Å²) in [6.07, 6.45) is 0.0660. The van der Waals surface area contributed by atoms with Crippen LogP contribution in [0.15, 0.2) is 12.3 Å². The van der Waals surface area contributed by atoms with Crippen LogP contribution in [0, 0.1) is 11.8 Å². The number of halogens is 3. The summed E-state index contributed by atoms with van der Waals surface area (Å²) in [5, 5.41) is 4.46. The van der Waals surface area contributed by atoms with E-state index in [0.717, 1.165) is 5.69 Å². The molecule has 0 aliphatic heterocycles. The molecule has 0 aromatic carbocycles. The van der Waals surface area contributed by atoms with Crippen molar-refractivity contribution in [1.29, 1.82) is 0 Å². The fraction of sp³-hybridized carbons (Fsp3) is 0.800. The summed E-state index contributed by atoms with van der Waals surface area (Å²) in [5.74, 6) is -0.964. The molecule has 1 heterocycles. The van der Waals surface area contributed by atoms with Gasteiger partial charge in [0.15, 0.2) is 0 Å². The zero-order valence-electron chi connectivity index (χ0n) is 12.6. The predicted molar refractivity (Wildman–Crippen MR) is 75.8 cm³/mol. The van der Waals surface area contributed by atoms with Gasteiger partial charge in [0.25, 0.3) is 0 Å². The minimum Gasteiger partial charge on any atom is -0.327 e. The first-order chi connectivity index (χ1) is 9.77. The van der Waals surface area contributed by atoms with Gasteiger partial charge in [-0.25, -0.2) is 0 Å². The fourth-order valence-electron chi connectivity index (χ4n) is 3.06. The van der Waals surface area contributed by atoms with E-state index >= 15 is 0 Å². The molecule has 1 aliphatic carbocycles. The van der Waals surface area contributed by atoms with E-state index in [1.54, 1.807) is 0 Å². The smallest absolute Gasteiger partial charge is 0.327 e. The summed E-state index contributed by atoms with van der Waals surface area (Å²) in [7, 11) is 0. The molecule has 1 fully saturated rings. The van der Waals surface area contributed by atoms with Crippen molar-refractivity contribution in [1.82, 2.24) is 9.78 Å². The Morgan fingerprint density at radius 1 is 1.29 bits per heavy atom. The monoisotopic (exact) mass is 303 g/mol. The molecule has 1 unspecified atom stereocenters. The molecule has 3 nitrogen and oxygen atoms in total. The molecular weight excluding hydrogens is 279 g/mol. The molecule has 0 amide bonds. The summed E-state index contributed by atoms with van der Waals surface area (Å²) < 4.78 is 39.8. The summed E-state index contributed by atoms with van der Waals surface area (Å²) in [5.41, 5.74) is 7.11. The molecule has 2 N–H and O–H groups in total. The van der Waals surface area contributed by atoms with Crippen molar-refractivity contribution in [3.05, 3.63) is 18.0 Å². The lowest BCUT2D eigenvalue weighted by atomic mass is 9.77. The molecular formula is C15H24F3N3. The quantitative estimate of drug-likeness (QED) is 0.921. The van der Waals surface area contributed by atoms with E-state index in [1.807, 2.05) is 16.9 Å². The van der Waals surface area contributed by atoms with Crippen LogP contribution in [-0.2, 0) is 6.42 Å². The lowest BCUT2D eigenvalue weighted by Gasteiger charge is -2.32. The number of nitrogens with zero attached hydrogens (tertiary/aromatic N) is 2. The first-order valence-corrected chi connectivity index (χ1v) is 7.63. The zero-order chi connectivity index (χ0) is 15.6. The Bertz CT molecular complexity index is 445. The minimum absolute atomic E-state index is 0.102. The van der Waals surface area contributed by atoms with Crippen molar-refractivity contribution in [2.24, 2.45) is 17.6 Å². The van der Waals surface area contributed by atoms with Gasteiger partial charge in [-0.15, -0.1) is 0 Å². The SMILES string of the molecule is CC(C)n1ccc(CC(N)C2CCC(C(F)(F)F)CC2)n1. The van der Waals surface area contributed by atoms with Gasteiger partial charge in [0.2, 0.25) is 0 Å². The van der Waals surface area contributed by atoms with Gasteiger partial charge in [-0.2, -0.15) is 18.3 Å². The molecule has 120 valence electrons. The van der Waals surface area contributed by atoms with Crippen LogP contribution in [0.2, 0.25) is 0 Å². The number of rotatable bonds is 4. The third-order valence-electron chi connectivity index (χ3n) is 4.48. The molecule has 0 bridgehead atoms. The normalized spacial score (nSPS) is 25.3. The maximum Gasteiger partial charge on any atom is 0.391 e. The number of nitrogens with two attached hydrogens (primary N) is 1. The van der Waals surface area contributed by atoms with Gasteiger partial charge < -0.3 is 5.73 Å². The Morgan fingerprint density at radius 3 is 2.38 bits per heavy atom. The van der Waals surface area contributed by atoms with E-state index in [4.69, 9.17) is 5.73 Å². The Morgan fingerprint density at radius 2 is 1.90 bits per heavy atom. The van der Waals surface area contributed by atoms with Gasteiger partial charge >= 0.3 is 6.18 Å². The number of alkyl halides is 3. The second kappa shape index (κ2) is 6.38. The largest absolute Gasteiger partial charge is 0.391 e. The molecule has 1 aromatic heterocycles. The van der Waals surface area contributed by atoms with E-state index in [1.165, 1.54) is 0 Å². The van der Waals surface area contributed by atoms with Gasteiger partial charge in [-0.3, -0.25) is 4.68 Å². The molecule has 1 saturated carbocycles. The third kappa shape index (κ3) is 4.22.